The molecule has 16 heavy (non-hydrogen) atoms. The lowest BCUT2D eigenvalue weighted by Gasteiger charge is -2.25. The van der Waals surface area contributed by atoms with Crippen LogP contribution in [0.25, 0.3) is 11.0 Å². The maximum Gasteiger partial charge on any atom is 0.108 e. The average Bonchev–Trinajstić information content (AvgIpc) is 2.66. The predicted octanol–water partition coefficient (Wildman–Crippen LogP) is 4.08. The highest BCUT2D eigenvalue weighted by Crippen LogP contribution is 2.34. The lowest BCUT2D eigenvalue weighted by Crippen LogP contribution is -2.17. The number of aryl methyl sites for hydroxylation is 1. The number of rotatable bonds is 3. The minimum atomic E-state index is 0.191. The fraction of sp³-hybridized carbons (Fsp3) is 0.538. The smallest absolute Gasteiger partial charge is 0.108 e. The monoisotopic (exact) mass is 234 g/mol. The Bertz CT molecular complexity index is 500. The van der Waals surface area contributed by atoms with E-state index in [1.807, 2.05) is 0 Å². The van der Waals surface area contributed by atoms with Crippen LogP contribution in [0.1, 0.15) is 44.7 Å². The van der Waals surface area contributed by atoms with Crippen molar-refractivity contribution in [1.82, 2.24) is 8.75 Å². The number of benzene rings is 1. The standard InChI is InChI=1S/C13H18N2S/c1-5-8-13(3,4)10-7-6-9(2)11-12(10)15-16-14-11/h6-7H,5,8H2,1-4H3. The molecule has 2 aromatic rings. The topological polar surface area (TPSA) is 25.8 Å². The van der Waals surface area contributed by atoms with E-state index in [9.17, 15) is 0 Å². The molecule has 2 rings (SSSR count). The molecule has 0 aliphatic rings. The van der Waals surface area contributed by atoms with Gasteiger partial charge >= 0.3 is 0 Å². The van der Waals surface area contributed by atoms with Gasteiger partial charge in [0.15, 0.2) is 0 Å². The highest BCUT2D eigenvalue weighted by atomic mass is 32.1. The van der Waals surface area contributed by atoms with Crippen molar-refractivity contribution in [2.75, 3.05) is 0 Å². The Kier molecular flexibility index (Phi) is 2.98. The highest BCUT2D eigenvalue weighted by molar-refractivity contribution is 7.00. The third-order valence-corrected chi connectivity index (χ3v) is 3.75. The first-order valence-corrected chi connectivity index (χ1v) is 6.51. The molecule has 1 aromatic heterocycles. The Morgan fingerprint density at radius 2 is 1.88 bits per heavy atom. The lowest BCUT2D eigenvalue weighted by atomic mass is 9.80. The van der Waals surface area contributed by atoms with Gasteiger partial charge in [-0.3, -0.25) is 0 Å². The SMILES string of the molecule is CCCC(C)(C)c1ccc(C)c2nsnc12. The zero-order chi connectivity index (χ0) is 11.8. The summed E-state index contributed by atoms with van der Waals surface area (Å²) in [6.45, 7) is 8.91. The van der Waals surface area contributed by atoms with Gasteiger partial charge in [0.1, 0.15) is 11.0 Å². The van der Waals surface area contributed by atoms with Crippen LogP contribution >= 0.6 is 11.7 Å². The second-order valence-electron chi connectivity index (χ2n) is 5.03. The van der Waals surface area contributed by atoms with Gasteiger partial charge in [-0.2, -0.15) is 8.75 Å². The first-order chi connectivity index (χ1) is 7.56. The number of nitrogens with zero attached hydrogens (tertiary/aromatic N) is 2. The van der Waals surface area contributed by atoms with Crippen LogP contribution in [0.2, 0.25) is 0 Å². The Morgan fingerprint density at radius 3 is 2.56 bits per heavy atom. The Labute approximate surface area is 101 Å². The summed E-state index contributed by atoms with van der Waals surface area (Å²) in [4.78, 5) is 0. The largest absolute Gasteiger partial charge is 0.173 e. The Hall–Kier alpha value is -0.960. The summed E-state index contributed by atoms with van der Waals surface area (Å²) < 4.78 is 8.84. The molecule has 0 atom stereocenters. The fourth-order valence-electron chi connectivity index (χ4n) is 2.30. The predicted molar refractivity (Wildman–Crippen MR) is 70.1 cm³/mol. The van der Waals surface area contributed by atoms with Crippen LogP contribution in [0.15, 0.2) is 12.1 Å². The molecule has 2 nitrogen and oxygen atoms in total. The molecule has 0 aliphatic carbocycles. The van der Waals surface area contributed by atoms with E-state index in [0.717, 1.165) is 11.0 Å². The second kappa shape index (κ2) is 4.13. The van der Waals surface area contributed by atoms with Crippen LogP contribution < -0.4 is 0 Å². The molecule has 0 spiro atoms. The zero-order valence-electron chi connectivity index (χ0n) is 10.4. The maximum atomic E-state index is 4.46. The van der Waals surface area contributed by atoms with Gasteiger partial charge < -0.3 is 0 Å². The van der Waals surface area contributed by atoms with E-state index in [1.54, 1.807) is 0 Å². The summed E-state index contributed by atoms with van der Waals surface area (Å²) >= 11 is 1.32. The lowest BCUT2D eigenvalue weighted by molar-refractivity contribution is 0.476. The summed E-state index contributed by atoms with van der Waals surface area (Å²) in [5, 5.41) is 0. The fourth-order valence-corrected chi connectivity index (χ4v) is 2.92. The van der Waals surface area contributed by atoms with Crippen molar-refractivity contribution in [3.63, 3.8) is 0 Å². The van der Waals surface area contributed by atoms with Crippen molar-refractivity contribution < 1.29 is 0 Å². The molecule has 0 N–H and O–H groups in total. The van der Waals surface area contributed by atoms with E-state index >= 15 is 0 Å². The van der Waals surface area contributed by atoms with Crippen molar-refractivity contribution in [3.05, 3.63) is 23.3 Å². The van der Waals surface area contributed by atoms with Crippen molar-refractivity contribution in [1.29, 1.82) is 0 Å². The van der Waals surface area contributed by atoms with Gasteiger partial charge in [0, 0.05) is 0 Å². The summed E-state index contributed by atoms with van der Waals surface area (Å²) in [7, 11) is 0. The van der Waals surface area contributed by atoms with Crippen LogP contribution in [0, 0.1) is 6.92 Å². The molecule has 1 heterocycles. The van der Waals surface area contributed by atoms with Gasteiger partial charge in [0.2, 0.25) is 0 Å². The maximum absolute atomic E-state index is 4.46. The minimum absolute atomic E-state index is 0.191. The van der Waals surface area contributed by atoms with E-state index in [-0.39, 0.29) is 5.41 Å². The number of hydrogen-bond donors (Lipinski definition) is 0. The summed E-state index contributed by atoms with van der Waals surface area (Å²) in [5.74, 6) is 0. The zero-order valence-corrected chi connectivity index (χ0v) is 11.2. The molecule has 0 aliphatic heterocycles. The molecule has 0 saturated carbocycles. The molecule has 0 radical (unpaired) electrons. The van der Waals surface area contributed by atoms with Crippen LogP contribution in [0.3, 0.4) is 0 Å². The number of hydrogen-bond acceptors (Lipinski definition) is 3. The quantitative estimate of drug-likeness (QED) is 0.799. The van der Waals surface area contributed by atoms with Gasteiger partial charge in [-0.05, 0) is 29.9 Å². The van der Waals surface area contributed by atoms with E-state index in [2.05, 4.69) is 48.6 Å². The molecular formula is C13H18N2S. The van der Waals surface area contributed by atoms with Gasteiger partial charge in [-0.1, -0.05) is 39.3 Å². The molecule has 0 fully saturated rings. The van der Waals surface area contributed by atoms with Gasteiger partial charge in [0.05, 0.1) is 11.7 Å². The van der Waals surface area contributed by atoms with Crippen molar-refractivity contribution in [2.45, 2.75) is 46.0 Å². The number of aromatic nitrogens is 2. The van der Waals surface area contributed by atoms with Gasteiger partial charge in [0.25, 0.3) is 0 Å². The molecule has 1 aromatic carbocycles. The van der Waals surface area contributed by atoms with E-state index in [4.69, 9.17) is 0 Å². The Balaban J connectivity index is 2.61. The number of fused-ring (bicyclic) bond motifs is 1. The molecule has 0 saturated heterocycles. The van der Waals surface area contributed by atoms with E-state index in [0.29, 0.717) is 0 Å². The summed E-state index contributed by atoms with van der Waals surface area (Å²) in [5.41, 5.74) is 4.93. The van der Waals surface area contributed by atoms with Crippen LogP contribution in [-0.4, -0.2) is 8.75 Å². The van der Waals surface area contributed by atoms with Crippen LogP contribution in [0.4, 0.5) is 0 Å². The minimum Gasteiger partial charge on any atom is -0.173 e. The van der Waals surface area contributed by atoms with Gasteiger partial charge in [-0.25, -0.2) is 0 Å². The first kappa shape index (κ1) is 11.5. The highest BCUT2D eigenvalue weighted by Gasteiger charge is 2.23. The van der Waals surface area contributed by atoms with Crippen LogP contribution in [-0.2, 0) is 5.41 Å². The van der Waals surface area contributed by atoms with E-state index < -0.39 is 0 Å². The summed E-state index contributed by atoms with van der Waals surface area (Å²) in [6.07, 6.45) is 2.38. The summed E-state index contributed by atoms with van der Waals surface area (Å²) in [6, 6.07) is 4.38. The molecular weight excluding hydrogens is 216 g/mol. The van der Waals surface area contributed by atoms with Crippen molar-refractivity contribution in [2.24, 2.45) is 0 Å². The third-order valence-electron chi connectivity index (χ3n) is 3.22. The molecule has 86 valence electrons. The second-order valence-corrected chi connectivity index (χ2v) is 5.55. The van der Waals surface area contributed by atoms with E-state index in [1.165, 1.54) is 35.7 Å². The average molecular weight is 234 g/mol. The first-order valence-electron chi connectivity index (χ1n) is 5.78. The molecule has 3 heteroatoms. The molecule has 0 amide bonds. The van der Waals surface area contributed by atoms with Gasteiger partial charge in [-0.15, -0.1) is 0 Å². The van der Waals surface area contributed by atoms with Crippen molar-refractivity contribution >= 4 is 22.8 Å². The Morgan fingerprint density at radius 1 is 1.19 bits per heavy atom. The normalized spacial score (nSPS) is 12.2. The molecule has 0 unspecified atom stereocenters. The van der Waals surface area contributed by atoms with Crippen molar-refractivity contribution in [3.8, 4) is 0 Å². The third kappa shape index (κ3) is 1.84. The van der Waals surface area contributed by atoms with Crippen LogP contribution in [0.5, 0.6) is 0 Å². The molecule has 0 bridgehead atoms.